The van der Waals surface area contributed by atoms with Crippen LogP contribution in [0.1, 0.15) is 36.5 Å². The molecule has 0 aliphatic heterocycles. The molecule has 1 N–H and O–H groups in total. The van der Waals surface area contributed by atoms with Crippen LogP contribution >= 0.6 is 0 Å². The largest absolute Gasteiger partial charge is 0.496 e. The minimum Gasteiger partial charge on any atom is -0.496 e. The number of nitrogens with zero attached hydrogens (tertiary/aromatic N) is 1. The van der Waals surface area contributed by atoms with Crippen molar-refractivity contribution in [2.24, 2.45) is 5.10 Å². The summed E-state index contributed by atoms with van der Waals surface area (Å²) in [4.78, 5) is 0. The van der Waals surface area contributed by atoms with Gasteiger partial charge in [0.05, 0.1) is 19.0 Å². The maximum absolute atomic E-state index is 5.46. The fourth-order valence-electron chi connectivity index (χ4n) is 2.17. The average Bonchev–Trinajstić information content (AvgIpc) is 2.49. The number of anilines is 1. The molecule has 0 aromatic heterocycles. The van der Waals surface area contributed by atoms with Crippen molar-refractivity contribution in [1.82, 2.24) is 0 Å². The van der Waals surface area contributed by atoms with Crippen molar-refractivity contribution < 1.29 is 4.74 Å². The molecule has 0 heterocycles. The summed E-state index contributed by atoms with van der Waals surface area (Å²) in [6, 6.07) is 14.1. The van der Waals surface area contributed by atoms with Crippen molar-refractivity contribution in [3.05, 3.63) is 59.2 Å². The Kier molecular flexibility index (Phi) is 4.99. The van der Waals surface area contributed by atoms with Crippen molar-refractivity contribution in [2.45, 2.75) is 26.7 Å². The molecule has 0 atom stereocenters. The quantitative estimate of drug-likeness (QED) is 0.643. The molecular formula is C18H22N2O. The number of hydrogen-bond donors (Lipinski definition) is 1. The van der Waals surface area contributed by atoms with E-state index < -0.39 is 0 Å². The first-order chi connectivity index (χ1) is 10.1. The molecule has 0 fully saturated rings. The zero-order valence-electron chi connectivity index (χ0n) is 13.1. The SMILES string of the molecule is COc1cc(C)c(C=NNc2ccccc2)cc1C(C)C. The molecule has 0 amide bonds. The van der Waals surface area contributed by atoms with E-state index in [2.05, 4.69) is 43.4 Å². The number of hydrazone groups is 1. The van der Waals surface area contributed by atoms with Crippen molar-refractivity contribution in [3.8, 4) is 5.75 Å². The van der Waals surface area contributed by atoms with Gasteiger partial charge >= 0.3 is 0 Å². The average molecular weight is 282 g/mol. The molecule has 0 saturated heterocycles. The van der Waals surface area contributed by atoms with E-state index in [9.17, 15) is 0 Å². The lowest BCUT2D eigenvalue weighted by Gasteiger charge is -2.14. The van der Waals surface area contributed by atoms with Crippen LogP contribution in [0.5, 0.6) is 5.75 Å². The molecule has 2 aromatic carbocycles. The number of methoxy groups -OCH3 is 1. The summed E-state index contributed by atoms with van der Waals surface area (Å²) < 4.78 is 5.46. The summed E-state index contributed by atoms with van der Waals surface area (Å²) in [6.45, 7) is 6.39. The summed E-state index contributed by atoms with van der Waals surface area (Å²) in [5, 5.41) is 4.31. The third-order valence-corrected chi connectivity index (χ3v) is 3.41. The van der Waals surface area contributed by atoms with E-state index in [1.165, 1.54) is 5.56 Å². The van der Waals surface area contributed by atoms with Gasteiger partial charge in [-0.25, -0.2) is 0 Å². The number of benzene rings is 2. The smallest absolute Gasteiger partial charge is 0.122 e. The second-order valence-corrected chi connectivity index (χ2v) is 5.34. The summed E-state index contributed by atoms with van der Waals surface area (Å²) in [5.41, 5.74) is 7.46. The number of para-hydroxylation sites is 1. The molecule has 0 spiro atoms. The highest BCUT2D eigenvalue weighted by molar-refractivity contribution is 5.83. The van der Waals surface area contributed by atoms with E-state index in [0.717, 1.165) is 22.6 Å². The molecule has 21 heavy (non-hydrogen) atoms. The van der Waals surface area contributed by atoms with E-state index in [1.807, 2.05) is 36.5 Å². The first-order valence-electron chi connectivity index (χ1n) is 7.14. The van der Waals surface area contributed by atoms with Crippen LogP contribution in [0.15, 0.2) is 47.6 Å². The highest BCUT2D eigenvalue weighted by atomic mass is 16.5. The van der Waals surface area contributed by atoms with Crippen molar-refractivity contribution in [3.63, 3.8) is 0 Å². The lowest BCUT2D eigenvalue weighted by atomic mass is 9.97. The number of ether oxygens (including phenoxy) is 1. The van der Waals surface area contributed by atoms with Gasteiger partial charge in [-0.2, -0.15) is 5.10 Å². The molecule has 110 valence electrons. The first-order valence-corrected chi connectivity index (χ1v) is 7.14. The predicted octanol–water partition coefficient (Wildman–Crippen LogP) is 4.57. The Morgan fingerprint density at radius 3 is 2.48 bits per heavy atom. The van der Waals surface area contributed by atoms with E-state index in [1.54, 1.807) is 7.11 Å². The van der Waals surface area contributed by atoms with Crippen LogP contribution in [0, 0.1) is 6.92 Å². The van der Waals surface area contributed by atoms with E-state index in [-0.39, 0.29) is 0 Å². The summed E-state index contributed by atoms with van der Waals surface area (Å²) in [6.07, 6.45) is 1.85. The minimum atomic E-state index is 0.412. The lowest BCUT2D eigenvalue weighted by Crippen LogP contribution is -1.99. The van der Waals surface area contributed by atoms with Crippen LogP contribution in [-0.2, 0) is 0 Å². The summed E-state index contributed by atoms with van der Waals surface area (Å²) in [7, 11) is 1.71. The lowest BCUT2D eigenvalue weighted by molar-refractivity contribution is 0.407. The zero-order valence-corrected chi connectivity index (χ0v) is 13.1. The molecule has 3 heteroatoms. The molecule has 0 unspecified atom stereocenters. The highest BCUT2D eigenvalue weighted by Gasteiger charge is 2.10. The Morgan fingerprint density at radius 1 is 1.14 bits per heavy atom. The van der Waals surface area contributed by atoms with Crippen LogP contribution < -0.4 is 10.2 Å². The number of aryl methyl sites for hydroxylation is 1. The maximum Gasteiger partial charge on any atom is 0.122 e. The van der Waals surface area contributed by atoms with Crippen LogP contribution in [0.4, 0.5) is 5.69 Å². The number of rotatable bonds is 5. The molecule has 2 aromatic rings. The van der Waals surface area contributed by atoms with Gasteiger partial charge in [-0.15, -0.1) is 0 Å². The van der Waals surface area contributed by atoms with E-state index in [0.29, 0.717) is 5.92 Å². The van der Waals surface area contributed by atoms with Crippen LogP contribution in [0.25, 0.3) is 0 Å². The number of hydrogen-bond acceptors (Lipinski definition) is 3. The van der Waals surface area contributed by atoms with Gasteiger partial charge in [0.1, 0.15) is 5.75 Å². The van der Waals surface area contributed by atoms with Gasteiger partial charge in [-0.05, 0) is 53.8 Å². The molecule has 0 radical (unpaired) electrons. The molecular weight excluding hydrogens is 260 g/mol. The van der Waals surface area contributed by atoms with Gasteiger partial charge in [0.15, 0.2) is 0 Å². The molecule has 0 aliphatic carbocycles. The second kappa shape index (κ2) is 6.93. The van der Waals surface area contributed by atoms with Gasteiger partial charge < -0.3 is 4.74 Å². The maximum atomic E-state index is 5.46. The van der Waals surface area contributed by atoms with E-state index >= 15 is 0 Å². The Labute approximate surface area is 126 Å². The van der Waals surface area contributed by atoms with E-state index in [4.69, 9.17) is 4.74 Å². The minimum absolute atomic E-state index is 0.412. The Bertz CT molecular complexity index is 619. The third kappa shape index (κ3) is 3.85. The van der Waals surface area contributed by atoms with Crippen molar-refractivity contribution >= 4 is 11.9 Å². The second-order valence-electron chi connectivity index (χ2n) is 5.34. The normalized spacial score (nSPS) is 11.1. The van der Waals surface area contributed by atoms with Crippen LogP contribution in [0.2, 0.25) is 0 Å². The predicted molar refractivity (Wildman–Crippen MR) is 89.5 cm³/mol. The Morgan fingerprint density at radius 2 is 1.86 bits per heavy atom. The molecule has 2 rings (SSSR count). The number of nitrogens with one attached hydrogen (secondary N) is 1. The molecule has 3 nitrogen and oxygen atoms in total. The Hall–Kier alpha value is -2.29. The standard InChI is InChI=1S/C18H22N2O/c1-13(2)17-11-15(14(3)10-18(17)21-4)12-19-20-16-8-6-5-7-9-16/h5-13,20H,1-4H3. The molecule has 0 bridgehead atoms. The third-order valence-electron chi connectivity index (χ3n) is 3.41. The van der Waals surface area contributed by atoms with Gasteiger partial charge in [0, 0.05) is 0 Å². The zero-order chi connectivity index (χ0) is 15.2. The van der Waals surface area contributed by atoms with Crippen molar-refractivity contribution in [2.75, 3.05) is 12.5 Å². The van der Waals surface area contributed by atoms with Crippen molar-refractivity contribution in [1.29, 1.82) is 0 Å². The highest BCUT2D eigenvalue weighted by Crippen LogP contribution is 2.29. The monoisotopic (exact) mass is 282 g/mol. The van der Waals surface area contributed by atoms with Gasteiger partial charge in [0.25, 0.3) is 0 Å². The summed E-state index contributed by atoms with van der Waals surface area (Å²) in [5.74, 6) is 1.35. The fourth-order valence-corrected chi connectivity index (χ4v) is 2.17. The van der Waals surface area contributed by atoms with Crippen LogP contribution in [-0.4, -0.2) is 13.3 Å². The fraction of sp³-hybridized carbons (Fsp3) is 0.278. The van der Waals surface area contributed by atoms with Gasteiger partial charge in [-0.1, -0.05) is 32.0 Å². The molecule has 0 aliphatic rings. The van der Waals surface area contributed by atoms with Crippen LogP contribution in [0.3, 0.4) is 0 Å². The summed E-state index contributed by atoms with van der Waals surface area (Å²) >= 11 is 0. The van der Waals surface area contributed by atoms with Gasteiger partial charge in [0.2, 0.25) is 0 Å². The molecule has 0 saturated carbocycles. The Balaban J connectivity index is 2.21. The van der Waals surface area contributed by atoms with Gasteiger partial charge in [-0.3, -0.25) is 5.43 Å². The first kappa shape index (κ1) is 15.1. The topological polar surface area (TPSA) is 33.6 Å².